The zero-order valence-corrected chi connectivity index (χ0v) is 7.73. The van der Waals surface area contributed by atoms with E-state index in [4.69, 9.17) is 0 Å². The Morgan fingerprint density at radius 2 is 2.17 bits per heavy atom. The molecule has 1 N–H and O–H groups in total. The van der Waals surface area contributed by atoms with Gasteiger partial charge >= 0.3 is 0 Å². The SMILES string of the molecule is C=Cc1ccccc1S(=O)NC. The fraction of sp³-hybridized carbons (Fsp3) is 0.111. The Morgan fingerprint density at radius 3 is 2.75 bits per heavy atom. The molecular formula is C9H11NOS. The first-order valence-corrected chi connectivity index (χ1v) is 4.75. The van der Waals surface area contributed by atoms with Crippen LogP contribution in [0.3, 0.4) is 0 Å². The van der Waals surface area contributed by atoms with Crippen LogP contribution in [0.4, 0.5) is 0 Å². The molecule has 0 spiro atoms. The van der Waals surface area contributed by atoms with Crippen molar-refractivity contribution in [3.8, 4) is 0 Å². The lowest BCUT2D eigenvalue weighted by atomic mass is 10.2. The second kappa shape index (κ2) is 4.18. The summed E-state index contributed by atoms with van der Waals surface area (Å²) in [6.07, 6.45) is 1.70. The molecule has 0 heterocycles. The molecule has 1 unspecified atom stereocenters. The van der Waals surface area contributed by atoms with E-state index in [1.165, 1.54) is 0 Å². The zero-order valence-electron chi connectivity index (χ0n) is 6.91. The van der Waals surface area contributed by atoms with Crippen molar-refractivity contribution >= 4 is 17.1 Å². The Kier molecular flexibility index (Phi) is 3.19. The van der Waals surface area contributed by atoms with E-state index in [-0.39, 0.29) is 0 Å². The largest absolute Gasteiger partial charge is 0.237 e. The van der Waals surface area contributed by atoms with Crippen molar-refractivity contribution in [1.82, 2.24) is 4.72 Å². The van der Waals surface area contributed by atoms with E-state index >= 15 is 0 Å². The lowest BCUT2D eigenvalue weighted by molar-refractivity contribution is 0.678. The van der Waals surface area contributed by atoms with Crippen LogP contribution in [-0.4, -0.2) is 11.3 Å². The molecule has 0 radical (unpaired) electrons. The molecule has 64 valence electrons. The highest BCUT2D eigenvalue weighted by Crippen LogP contribution is 2.12. The lowest BCUT2D eigenvalue weighted by Crippen LogP contribution is -2.11. The highest BCUT2D eigenvalue weighted by Gasteiger charge is 2.03. The Bertz CT molecular complexity index is 309. The summed E-state index contributed by atoms with van der Waals surface area (Å²) in [4.78, 5) is 0.773. The summed E-state index contributed by atoms with van der Waals surface area (Å²) in [7, 11) is 0.540. The Labute approximate surface area is 74.9 Å². The predicted octanol–water partition coefficient (Wildman–Crippen LogP) is 1.57. The van der Waals surface area contributed by atoms with Gasteiger partial charge in [-0.2, -0.15) is 0 Å². The second-order valence-corrected chi connectivity index (χ2v) is 3.60. The van der Waals surface area contributed by atoms with Crippen LogP contribution in [0.5, 0.6) is 0 Å². The average Bonchev–Trinajstić information content (AvgIpc) is 2.16. The summed E-state index contributed by atoms with van der Waals surface area (Å²) in [6, 6.07) is 7.46. The van der Waals surface area contributed by atoms with E-state index in [2.05, 4.69) is 11.3 Å². The summed E-state index contributed by atoms with van der Waals surface area (Å²) in [6.45, 7) is 3.65. The molecule has 0 aliphatic carbocycles. The maximum Gasteiger partial charge on any atom is 0.125 e. The number of nitrogens with one attached hydrogen (secondary N) is 1. The first-order chi connectivity index (χ1) is 5.79. The van der Waals surface area contributed by atoms with Crippen LogP contribution >= 0.6 is 0 Å². The molecule has 0 saturated heterocycles. The van der Waals surface area contributed by atoms with Gasteiger partial charge in [-0.25, -0.2) is 8.93 Å². The molecule has 12 heavy (non-hydrogen) atoms. The van der Waals surface area contributed by atoms with Crippen molar-refractivity contribution in [2.45, 2.75) is 4.90 Å². The smallest absolute Gasteiger partial charge is 0.125 e. The molecule has 0 aliphatic heterocycles. The van der Waals surface area contributed by atoms with Crippen LogP contribution in [0.2, 0.25) is 0 Å². The average molecular weight is 181 g/mol. The molecule has 0 bridgehead atoms. The standard InChI is InChI=1S/C9H11NOS/c1-3-8-6-4-5-7-9(8)12(11)10-2/h3-7,10H,1H2,2H3. The molecule has 0 amide bonds. The van der Waals surface area contributed by atoms with Crippen LogP contribution in [0.15, 0.2) is 35.7 Å². The summed E-state index contributed by atoms with van der Waals surface area (Å²) < 4.78 is 14.0. The summed E-state index contributed by atoms with van der Waals surface area (Å²) >= 11 is 0. The molecule has 1 aromatic carbocycles. The van der Waals surface area contributed by atoms with Gasteiger partial charge in [0.05, 0.1) is 4.90 Å². The molecule has 1 rings (SSSR count). The maximum absolute atomic E-state index is 11.3. The Hall–Kier alpha value is -0.930. The number of benzene rings is 1. The van der Waals surface area contributed by atoms with Gasteiger partial charge in [-0.1, -0.05) is 30.9 Å². The van der Waals surface area contributed by atoms with E-state index < -0.39 is 11.0 Å². The third-order valence-corrected chi connectivity index (χ3v) is 2.67. The molecular weight excluding hydrogens is 170 g/mol. The first-order valence-electron chi connectivity index (χ1n) is 3.60. The molecule has 1 atom stereocenters. The predicted molar refractivity (Wildman–Crippen MR) is 52.0 cm³/mol. The summed E-state index contributed by atoms with van der Waals surface area (Å²) in [5.74, 6) is 0. The third-order valence-electron chi connectivity index (χ3n) is 1.52. The monoisotopic (exact) mass is 181 g/mol. The highest BCUT2D eigenvalue weighted by atomic mass is 32.2. The van der Waals surface area contributed by atoms with Crippen molar-refractivity contribution in [3.05, 3.63) is 36.4 Å². The van der Waals surface area contributed by atoms with Crippen molar-refractivity contribution in [3.63, 3.8) is 0 Å². The molecule has 1 aromatic rings. The molecule has 0 fully saturated rings. The van der Waals surface area contributed by atoms with Gasteiger partial charge in [-0.05, 0) is 18.7 Å². The van der Waals surface area contributed by atoms with Crippen LogP contribution in [0.1, 0.15) is 5.56 Å². The molecule has 3 heteroatoms. The minimum absolute atomic E-state index is 0.773. The van der Waals surface area contributed by atoms with Gasteiger partial charge in [0.25, 0.3) is 0 Å². The van der Waals surface area contributed by atoms with E-state index in [1.54, 1.807) is 13.1 Å². The zero-order chi connectivity index (χ0) is 8.97. The van der Waals surface area contributed by atoms with Crippen molar-refractivity contribution < 1.29 is 4.21 Å². The van der Waals surface area contributed by atoms with Gasteiger partial charge in [0.15, 0.2) is 0 Å². The first kappa shape index (κ1) is 9.16. The van der Waals surface area contributed by atoms with Gasteiger partial charge in [0.2, 0.25) is 0 Å². The number of hydrogen-bond acceptors (Lipinski definition) is 1. The Balaban J connectivity index is 3.13. The van der Waals surface area contributed by atoms with E-state index in [1.807, 2.05) is 24.3 Å². The quantitative estimate of drug-likeness (QED) is 0.753. The molecule has 0 saturated carbocycles. The van der Waals surface area contributed by atoms with E-state index in [9.17, 15) is 4.21 Å². The normalized spacial score (nSPS) is 12.4. The number of hydrogen-bond donors (Lipinski definition) is 1. The van der Waals surface area contributed by atoms with Crippen LogP contribution in [0, 0.1) is 0 Å². The fourth-order valence-electron chi connectivity index (χ4n) is 0.928. The summed E-state index contributed by atoms with van der Waals surface area (Å²) in [5.41, 5.74) is 0.908. The Morgan fingerprint density at radius 1 is 1.50 bits per heavy atom. The molecule has 0 aromatic heterocycles. The van der Waals surface area contributed by atoms with E-state index in [0.717, 1.165) is 10.5 Å². The minimum atomic E-state index is -1.12. The van der Waals surface area contributed by atoms with Crippen LogP contribution in [0.25, 0.3) is 6.08 Å². The van der Waals surface area contributed by atoms with E-state index in [0.29, 0.717) is 0 Å². The fourth-order valence-corrected chi connectivity index (χ4v) is 1.72. The number of rotatable bonds is 3. The van der Waals surface area contributed by atoms with Crippen LogP contribution < -0.4 is 4.72 Å². The third kappa shape index (κ3) is 1.81. The highest BCUT2D eigenvalue weighted by molar-refractivity contribution is 7.83. The van der Waals surface area contributed by atoms with Gasteiger partial charge in [-0.3, -0.25) is 0 Å². The molecule has 0 aliphatic rings. The van der Waals surface area contributed by atoms with Gasteiger partial charge in [0, 0.05) is 0 Å². The van der Waals surface area contributed by atoms with Crippen molar-refractivity contribution in [2.75, 3.05) is 7.05 Å². The lowest BCUT2D eigenvalue weighted by Gasteiger charge is -2.02. The van der Waals surface area contributed by atoms with Crippen LogP contribution in [-0.2, 0) is 11.0 Å². The van der Waals surface area contributed by atoms with Crippen molar-refractivity contribution in [2.24, 2.45) is 0 Å². The van der Waals surface area contributed by atoms with Crippen molar-refractivity contribution in [1.29, 1.82) is 0 Å². The van der Waals surface area contributed by atoms with Gasteiger partial charge in [0.1, 0.15) is 11.0 Å². The summed E-state index contributed by atoms with van der Waals surface area (Å²) in [5, 5.41) is 0. The molecule has 2 nitrogen and oxygen atoms in total. The topological polar surface area (TPSA) is 29.1 Å². The minimum Gasteiger partial charge on any atom is -0.237 e. The van der Waals surface area contributed by atoms with Gasteiger partial charge in [-0.15, -0.1) is 0 Å². The van der Waals surface area contributed by atoms with Gasteiger partial charge < -0.3 is 0 Å². The second-order valence-electron chi connectivity index (χ2n) is 2.21. The maximum atomic E-state index is 11.3.